The van der Waals surface area contributed by atoms with Crippen molar-refractivity contribution in [2.45, 2.75) is 6.54 Å². The molecule has 5 heteroatoms. The van der Waals surface area contributed by atoms with Crippen molar-refractivity contribution in [3.63, 3.8) is 0 Å². The zero-order valence-electron chi connectivity index (χ0n) is 8.23. The van der Waals surface area contributed by atoms with Crippen LogP contribution in [0.3, 0.4) is 0 Å². The van der Waals surface area contributed by atoms with Crippen molar-refractivity contribution in [2.75, 3.05) is 24.2 Å². The molecule has 0 unspecified atom stereocenters. The Kier molecular flexibility index (Phi) is 2.47. The van der Waals surface area contributed by atoms with Gasteiger partial charge in [0.2, 0.25) is 0 Å². The molecule has 80 valence electrons. The molecule has 1 aromatic rings. The van der Waals surface area contributed by atoms with Gasteiger partial charge in [0.25, 0.3) is 0 Å². The Bertz CT molecular complexity index is 392. The lowest BCUT2D eigenvalue weighted by Gasteiger charge is -2.29. The summed E-state index contributed by atoms with van der Waals surface area (Å²) < 4.78 is 0. The van der Waals surface area contributed by atoms with E-state index in [4.69, 9.17) is 10.8 Å². The minimum atomic E-state index is -0.192. The number of hydrogen-bond acceptors (Lipinski definition) is 3. The maximum atomic E-state index is 11.5. The highest BCUT2D eigenvalue weighted by molar-refractivity contribution is 5.93. The van der Waals surface area contributed by atoms with Gasteiger partial charge in [0.15, 0.2) is 0 Å². The number of carbonyl (C=O) groups excluding carboxylic acids is 1. The van der Waals surface area contributed by atoms with E-state index < -0.39 is 0 Å². The number of fused-ring (bicyclic) bond motifs is 1. The average Bonchev–Trinajstić information content (AvgIpc) is 2.21. The van der Waals surface area contributed by atoms with Gasteiger partial charge in [-0.25, -0.2) is 4.79 Å². The number of nitrogens with one attached hydrogen (secondary N) is 1. The van der Waals surface area contributed by atoms with Crippen molar-refractivity contribution in [3.05, 3.63) is 23.8 Å². The molecule has 1 heterocycles. The lowest BCUT2D eigenvalue weighted by molar-refractivity contribution is 0.183. The highest BCUT2D eigenvalue weighted by atomic mass is 16.3. The topological polar surface area (TPSA) is 78.6 Å². The van der Waals surface area contributed by atoms with E-state index in [1.165, 1.54) is 4.90 Å². The van der Waals surface area contributed by atoms with Gasteiger partial charge in [-0.05, 0) is 12.1 Å². The molecular weight excluding hydrogens is 194 g/mol. The molecule has 0 radical (unpaired) electrons. The van der Waals surface area contributed by atoms with E-state index >= 15 is 0 Å². The highest BCUT2D eigenvalue weighted by Crippen LogP contribution is 2.27. The molecule has 0 saturated carbocycles. The Hall–Kier alpha value is -1.75. The second-order valence-corrected chi connectivity index (χ2v) is 3.45. The van der Waals surface area contributed by atoms with E-state index in [0.29, 0.717) is 18.8 Å². The standard InChI is InChI=1S/C10H13N3O2/c11-8-2-1-3-9-7(8)6-13(4-5-14)10(15)12-9/h1-3,14H,4-6,11H2,(H,12,15). The fourth-order valence-corrected chi connectivity index (χ4v) is 1.66. The molecule has 0 fully saturated rings. The van der Waals surface area contributed by atoms with E-state index in [1.807, 2.05) is 6.07 Å². The summed E-state index contributed by atoms with van der Waals surface area (Å²) in [5.41, 5.74) is 8.13. The molecule has 1 aliphatic heterocycles. The molecular formula is C10H13N3O2. The van der Waals surface area contributed by atoms with E-state index in [0.717, 1.165) is 11.3 Å². The van der Waals surface area contributed by atoms with Crippen LogP contribution < -0.4 is 11.1 Å². The average molecular weight is 207 g/mol. The molecule has 5 nitrogen and oxygen atoms in total. The first kappa shape index (κ1) is 9.79. The summed E-state index contributed by atoms with van der Waals surface area (Å²) in [5.74, 6) is 0. The number of hydrogen-bond donors (Lipinski definition) is 3. The van der Waals surface area contributed by atoms with Crippen molar-refractivity contribution in [1.82, 2.24) is 4.90 Å². The number of amides is 2. The van der Waals surface area contributed by atoms with Crippen molar-refractivity contribution >= 4 is 17.4 Å². The quantitative estimate of drug-likeness (QED) is 0.622. The van der Waals surface area contributed by atoms with Crippen LogP contribution in [0.15, 0.2) is 18.2 Å². The maximum absolute atomic E-state index is 11.5. The predicted octanol–water partition coefficient (Wildman–Crippen LogP) is 0.609. The summed E-state index contributed by atoms with van der Waals surface area (Å²) >= 11 is 0. The number of aliphatic hydroxyl groups is 1. The summed E-state index contributed by atoms with van der Waals surface area (Å²) in [6.07, 6.45) is 0. The van der Waals surface area contributed by atoms with Gasteiger partial charge >= 0.3 is 6.03 Å². The normalized spacial score (nSPS) is 14.7. The monoisotopic (exact) mass is 207 g/mol. The number of β-amino-alcohol motifs (C(OH)–C–C–N with tert-alkyl or cyclic N) is 1. The summed E-state index contributed by atoms with van der Waals surface area (Å²) in [6.45, 7) is 0.726. The van der Waals surface area contributed by atoms with Crippen molar-refractivity contribution in [3.8, 4) is 0 Å². The number of carbonyl (C=O) groups is 1. The van der Waals surface area contributed by atoms with Gasteiger partial charge in [-0.1, -0.05) is 6.07 Å². The number of benzene rings is 1. The van der Waals surface area contributed by atoms with Gasteiger partial charge < -0.3 is 21.1 Å². The number of urea groups is 1. The maximum Gasteiger partial charge on any atom is 0.322 e. The van der Waals surface area contributed by atoms with Crippen LogP contribution in [0.4, 0.5) is 16.2 Å². The van der Waals surface area contributed by atoms with E-state index in [1.54, 1.807) is 12.1 Å². The van der Waals surface area contributed by atoms with Crippen LogP contribution >= 0.6 is 0 Å². The predicted molar refractivity (Wildman–Crippen MR) is 57.4 cm³/mol. The Morgan fingerprint density at radius 3 is 3.07 bits per heavy atom. The third-order valence-electron chi connectivity index (χ3n) is 2.46. The SMILES string of the molecule is Nc1cccc2c1CN(CCO)C(=O)N2. The zero-order valence-corrected chi connectivity index (χ0v) is 8.23. The molecule has 1 aliphatic rings. The van der Waals surface area contributed by atoms with E-state index in [9.17, 15) is 4.79 Å². The summed E-state index contributed by atoms with van der Waals surface area (Å²) in [7, 11) is 0. The van der Waals surface area contributed by atoms with Crippen molar-refractivity contribution < 1.29 is 9.90 Å². The van der Waals surface area contributed by atoms with Crippen LogP contribution in [0.2, 0.25) is 0 Å². The molecule has 2 rings (SSSR count). The number of aliphatic hydroxyl groups excluding tert-OH is 1. The van der Waals surface area contributed by atoms with Crippen LogP contribution in [0.25, 0.3) is 0 Å². The fourth-order valence-electron chi connectivity index (χ4n) is 1.66. The van der Waals surface area contributed by atoms with Gasteiger partial charge in [0.05, 0.1) is 13.2 Å². The van der Waals surface area contributed by atoms with Gasteiger partial charge in [-0.3, -0.25) is 0 Å². The van der Waals surface area contributed by atoms with Gasteiger partial charge in [-0.2, -0.15) is 0 Å². The Morgan fingerprint density at radius 2 is 2.33 bits per heavy atom. The number of nitrogens with zero attached hydrogens (tertiary/aromatic N) is 1. The molecule has 4 N–H and O–H groups in total. The van der Waals surface area contributed by atoms with Crippen LogP contribution in [0, 0.1) is 0 Å². The lowest BCUT2D eigenvalue weighted by atomic mass is 10.1. The number of anilines is 2. The summed E-state index contributed by atoms with van der Waals surface area (Å²) in [5, 5.41) is 11.5. The van der Waals surface area contributed by atoms with Crippen LogP contribution in [-0.2, 0) is 6.54 Å². The van der Waals surface area contributed by atoms with Gasteiger partial charge in [0.1, 0.15) is 0 Å². The minimum Gasteiger partial charge on any atom is -0.398 e. The molecule has 0 aliphatic carbocycles. The molecule has 0 aromatic heterocycles. The molecule has 2 amide bonds. The first-order valence-corrected chi connectivity index (χ1v) is 4.76. The second-order valence-electron chi connectivity index (χ2n) is 3.45. The molecule has 15 heavy (non-hydrogen) atoms. The smallest absolute Gasteiger partial charge is 0.322 e. The van der Waals surface area contributed by atoms with Crippen molar-refractivity contribution in [1.29, 1.82) is 0 Å². The summed E-state index contributed by atoms with van der Waals surface area (Å²) in [4.78, 5) is 13.0. The Labute approximate surface area is 87.5 Å². The Balaban J connectivity index is 2.30. The van der Waals surface area contributed by atoms with Crippen LogP contribution in [0.1, 0.15) is 5.56 Å². The first-order valence-electron chi connectivity index (χ1n) is 4.76. The number of nitrogens with two attached hydrogens (primary N) is 1. The third-order valence-corrected chi connectivity index (χ3v) is 2.46. The Morgan fingerprint density at radius 1 is 1.53 bits per heavy atom. The summed E-state index contributed by atoms with van der Waals surface area (Å²) in [6, 6.07) is 5.23. The highest BCUT2D eigenvalue weighted by Gasteiger charge is 2.22. The molecule has 0 saturated heterocycles. The van der Waals surface area contributed by atoms with E-state index in [2.05, 4.69) is 5.32 Å². The van der Waals surface area contributed by atoms with Crippen LogP contribution in [-0.4, -0.2) is 29.2 Å². The zero-order chi connectivity index (χ0) is 10.8. The largest absolute Gasteiger partial charge is 0.398 e. The van der Waals surface area contributed by atoms with Gasteiger partial charge in [-0.15, -0.1) is 0 Å². The fraction of sp³-hybridized carbons (Fsp3) is 0.300. The third kappa shape index (κ3) is 1.73. The molecule has 1 aromatic carbocycles. The van der Waals surface area contributed by atoms with Crippen LogP contribution in [0.5, 0.6) is 0 Å². The van der Waals surface area contributed by atoms with Gasteiger partial charge in [0, 0.05) is 23.5 Å². The minimum absolute atomic E-state index is 0.0461. The molecule has 0 bridgehead atoms. The second kappa shape index (κ2) is 3.78. The number of nitrogen functional groups attached to an aromatic ring is 1. The molecule has 0 spiro atoms. The molecule has 0 atom stereocenters. The lowest BCUT2D eigenvalue weighted by Crippen LogP contribution is -2.40. The van der Waals surface area contributed by atoms with Crippen molar-refractivity contribution in [2.24, 2.45) is 0 Å². The first-order chi connectivity index (χ1) is 7.22. The number of rotatable bonds is 2. The van der Waals surface area contributed by atoms with E-state index in [-0.39, 0.29) is 12.6 Å².